The third-order valence-electron chi connectivity index (χ3n) is 3.54. The van der Waals surface area contributed by atoms with E-state index in [9.17, 15) is 0 Å². The number of likely N-dealkylation sites (tertiary alicyclic amines) is 1. The Bertz CT molecular complexity index is 147. The number of piperidine rings is 1. The molecule has 2 N–H and O–H groups in total. The second-order valence-corrected chi connectivity index (χ2v) is 4.39. The molecule has 0 aromatic carbocycles. The van der Waals surface area contributed by atoms with Crippen molar-refractivity contribution in [3.8, 4) is 0 Å². The standard InChI is InChI=1S/C10H22N2/c1-4-9-5-6-12(3)10(2,7-9)8-11/h9H,4-8,11H2,1-3H3. The Morgan fingerprint density at radius 1 is 1.58 bits per heavy atom. The van der Waals surface area contributed by atoms with E-state index in [1.54, 1.807) is 0 Å². The molecule has 0 aliphatic carbocycles. The van der Waals surface area contributed by atoms with Gasteiger partial charge >= 0.3 is 0 Å². The molecule has 2 heteroatoms. The molecular formula is C10H22N2. The molecule has 1 rings (SSSR count). The van der Waals surface area contributed by atoms with E-state index in [-0.39, 0.29) is 5.54 Å². The fraction of sp³-hybridized carbons (Fsp3) is 1.00. The molecule has 12 heavy (non-hydrogen) atoms. The van der Waals surface area contributed by atoms with Crippen LogP contribution in [0.1, 0.15) is 33.1 Å². The second kappa shape index (κ2) is 3.75. The summed E-state index contributed by atoms with van der Waals surface area (Å²) in [5.74, 6) is 0.898. The van der Waals surface area contributed by atoms with E-state index in [0.717, 1.165) is 12.5 Å². The molecule has 1 saturated heterocycles. The molecular weight excluding hydrogens is 148 g/mol. The van der Waals surface area contributed by atoms with Crippen molar-refractivity contribution in [1.29, 1.82) is 0 Å². The smallest absolute Gasteiger partial charge is 0.0303 e. The highest BCUT2D eigenvalue weighted by atomic mass is 15.2. The van der Waals surface area contributed by atoms with Crippen LogP contribution in [0.25, 0.3) is 0 Å². The van der Waals surface area contributed by atoms with Crippen LogP contribution in [0, 0.1) is 5.92 Å². The predicted octanol–water partition coefficient (Wildman–Crippen LogP) is 1.46. The Hall–Kier alpha value is -0.0800. The van der Waals surface area contributed by atoms with Gasteiger partial charge in [-0.3, -0.25) is 4.90 Å². The predicted molar refractivity (Wildman–Crippen MR) is 53.1 cm³/mol. The van der Waals surface area contributed by atoms with E-state index in [0.29, 0.717) is 0 Å². The zero-order valence-electron chi connectivity index (χ0n) is 8.64. The van der Waals surface area contributed by atoms with Crippen molar-refractivity contribution in [2.24, 2.45) is 11.7 Å². The zero-order valence-corrected chi connectivity index (χ0v) is 8.64. The molecule has 1 aliphatic rings. The average Bonchev–Trinajstić information content (AvgIpc) is 2.10. The van der Waals surface area contributed by atoms with Gasteiger partial charge in [0.2, 0.25) is 0 Å². The fourth-order valence-corrected chi connectivity index (χ4v) is 2.11. The van der Waals surface area contributed by atoms with Gasteiger partial charge in [0.1, 0.15) is 0 Å². The summed E-state index contributed by atoms with van der Waals surface area (Å²) < 4.78 is 0. The van der Waals surface area contributed by atoms with Crippen LogP contribution in [0.4, 0.5) is 0 Å². The maximum atomic E-state index is 5.80. The van der Waals surface area contributed by atoms with E-state index in [2.05, 4.69) is 25.8 Å². The van der Waals surface area contributed by atoms with Gasteiger partial charge in [0.05, 0.1) is 0 Å². The van der Waals surface area contributed by atoms with Crippen LogP contribution in [0.2, 0.25) is 0 Å². The first-order valence-corrected chi connectivity index (χ1v) is 5.03. The first-order valence-electron chi connectivity index (χ1n) is 5.03. The van der Waals surface area contributed by atoms with Gasteiger partial charge in [-0.05, 0) is 39.3 Å². The van der Waals surface area contributed by atoms with Gasteiger partial charge in [0, 0.05) is 12.1 Å². The summed E-state index contributed by atoms with van der Waals surface area (Å²) in [6.45, 7) is 6.58. The highest BCUT2D eigenvalue weighted by molar-refractivity contribution is 4.91. The monoisotopic (exact) mass is 170 g/mol. The molecule has 1 heterocycles. The Labute approximate surface area is 76.1 Å². The lowest BCUT2D eigenvalue weighted by molar-refractivity contribution is 0.0626. The Morgan fingerprint density at radius 3 is 2.75 bits per heavy atom. The lowest BCUT2D eigenvalue weighted by atomic mass is 9.80. The average molecular weight is 170 g/mol. The van der Waals surface area contributed by atoms with E-state index in [1.807, 2.05) is 0 Å². The molecule has 0 saturated carbocycles. The van der Waals surface area contributed by atoms with Gasteiger partial charge in [-0.2, -0.15) is 0 Å². The number of nitrogens with zero attached hydrogens (tertiary/aromatic N) is 1. The summed E-state index contributed by atoms with van der Waals surface area (Å²) in [5.41, 5.74) is 6.07. The van der Waals surface area contributed by atoms with Crippen molar-refractivity contribution in [2.45, 2.75) is 38.6 Å². The topological polar surface area (TPSA) is 29.3 Å². The van der Waals surface area contributed by atoms with Crippen LogP contribution in [0.15, 0.2) is 0 Å². The summed E-state index contributed by atoms with van der Waals surface area (Å²) in [7, 11) is 2.19. The van der Waals surface area contributed by atoms with Crippen molar-refractivity contribution in [3.63, 3.8) is 0 Å². The second-order valence-electron chi connectivity index (χ2n) is 4.39. The van der Waals surface area contributed by atoms with E-state index < -0.39 is 0 Å². The molecule has 1 fully saturated rings. The van der Waals surface area contributed by atoms with Crippen LogP contribution in [0.5, 0.6) is 0 Å². The van der Waals surface area contributed by atoms with Crippen molar-refractivity contribution < 1.29 is 0 Å². The Balaban J connectivity index is 2.58. The molecule has 2 nitrogen and oxygen atoms in total. The van der Waals surface area contributed by atoms with Crippen LogP contribution >= 0.6 is 0 Å². The summed E-state index contributed by atoms with van der Waals surface area (Å²) in [4.78, 5) is 2.42. The number of hydrogen-bond acceptors (Lipinski definition) is 2. The number of rotatable bonds is 2. The Morgan fingerprint density at radius 2 is 2.25 bits per heavy atom. The van der Waals surface area contributed by atoms with Crippen molar-refractivity contribution >= 4 is 0 Å². The third-order valence-corrected chi connectivity index (χ3v) is 3.54. The number of hydrogen-bond donors (Lipinski definition) is 1. The third kappa shape index (κ3) is 1.80. The van der Waals surface area contributed by atoms with Gasteiger partial charge in [-0.15, -0.1) is 0 Å². The molecule has 0 spiro atoms. The van der Waals surface area contributed by atoms with Crippen molar-refractivity contribution in [3.05, 3.63) is 0 Å². The summed E-state index contributed by atoms with van der Waals surface area (Å²) in [6.07, 6.45) is 3.93. The minimum atomic E-state index is 0.263. The minimum Gasteiger partial charge on any atom is -0.329 e. The quantitative estimate of drug-likeness (QED) is 0.680. The fourth-order valence-electron chi connectivity index (χ4n) is 2.11. The van der Waals surface area contributed by atoms with Gasteiger partial charge in [0.15, 0.2) is 0 Å². The summed E-state index contributed by atoms with van der Waals surface area (Å²) >= 11 is 0. The van der Waals surface area contributed by atoms with E-state index >= 15 is 0 Å². The normalized spacial score (nSPS) is 38.5. The molecule has 0 aromatic heterocycles. The van der Waals surface area contributed by atoms with Gasteiger partial charge < -0.3 is 5.73 Å². The van der Waals surface area contributed by atoms with Crippen LogP contribution < -0.4 is 5.73 Å². The van der Waals surface area contributed by atoms with E-state index in [4.69, 9.17) is 5.73 Å². The molecule has 0 amide bonds. The number of nitrogens with two attached hydrogens (primary N) is 1. The van der Waals surface area contributed by atoms with E-state index in [1.165, 1.54) is 25.8 Å². The maximum Gasteiger partial charge on any atom is 0.0303 e. The number of likely N-dealkylation sites (N-methyl/N-ethyl adjacent to an activating group) is 1. The highest BCUT2D eigenvalue weighted by Gasteiger charge is 2.34. The molecule has 72 valence electrons. The molecule has 0 radical (unpaired) electrons. The summed E-state index contributed by atoms with van der Waals surface area (Å²) in [5, 5.41) is 0. The summed E-state index contributed by atoms with van der Waals surface area (Å²) in [6, 6.07) is 0. The zero-order chi connectivity index (χ0) is 9.19. The Kier molecular flexibility index (Phi) is 3.13. The molecule has 1 aliphatic heterocycles. The lowest BCUT2D eigenvalue weighted by Gasteiger charge is -2.45. The first-order chi connectivity index (χ1) is 5.62. The van der Waals surface area contributed by atoms with Crippen molar-refractivity contribution in [2.75, 3.05) is 20.1 Å². The molecule has 2 unspecified atom stereocenters. The van der Waals surface area contributed by atoms with Gasteiger partial charge in [-0.1, -0.05) is 13.3 Å². The largest absolute Gasteiger partial charge is 0.329 e. The highest BCUT2D eigenvalue weighted by Crippen LogP contribution is 2.31. The van der Waals surface area contributed by atoms with Gasteiger partial charge in [0.25, 0.3) is 0 Å². The SMILES string of the molecule is CCC1CCN(C)C(C)(CN)C1. The van der Waals surface area contributed by atoms with Crippen molar-refractivity contribution in [1.82, 2.24) is 4.90 Å². The van der Waals surface area contributed by atoms with Crippen LogP contribution in [0.3, 0.4) is 0 Å². The van der Waals surface area contributed by atoms with Crippen LogP contribution in [-0.2, 0) is 0 Å². The molecule has 0 aromatic rings. The maximum absolute atomic E-state index is 5.80. The first kappa shape index (κ1) is 10.0. The van der Waals surface area contributed by atoms with Gasteiger partial charge in [-0.25, -0.2) is 0 Å². The molecule has 2 atom stereocenters. The molecule has 0 bridgehead atoms. The minimum absolute atomic E-state index is 0.263. The van der Waals surface area contributed by atoms with Crippen LogP contribution in [-0.4, -0.2) is 30.6 Å². The lowest BCUT2D eigenvalue weighted by Crippen LogP contribution is -2.54.